The van der Waals surface area contributed by atoms with Crippen molar-refractivity contribution in [3.05, 3.63) is 52.5 Å². The number of anilines is 1. The molecule has 6 heteroatoms. The van der Waals surface area contributed by atoms with Gasteiger partial charge in [-0.15, -0.1) is 0 Å². The first-order valence-electron chi connectivity index (χ1n) is 6.83. The van der Waals surface area contributed by atoms with E-state index in [1.54, 1.807) is 43.3 Å². The number of ether oxygens (including phenoxy) is 1. The van der Waals surface area contributed by atoms with E-state index in [1.165, 1.54) is 7.11 Å². The van der Waals surface area contributed by atoms with Gasteiger partial charge in [-0.25, -0.2) is 8.42 Å². The van der Waals surface area contributed by atoms with Crippen molar-refractivity contribution in [1.82, 2.24) is 0 Å². The number of sulfonamides is 1. The molecule has 118 valence electrons. The van der Waals surface area contributed by atoms with Gasteiger partial charge in [-0.05, 0) is 42.7 Å². The van der Waals surface area contributed by atoms with Crippen molar-refractivity contribution in [2.45, 2.75) is 25.2 Å². The van der Waals surface area contributed by atoms with Gasteiger partial charge in [0.15, 0.2) is 0 Å². The van der Waals surface area contributed by atoms with Crippen LogP contribution in [0.5, 0.6) is 5.75 Å². The van der Waals surface area contributed by atoms with Gasteiger partial charge in [0.25, 0.3) is 10.0 Å². The number of rotatable bonds is 5. The number of halogens is 1. The summed E-state index contributed by atoms with van der Waals surface area (Å²) < 4.78 is 32.7. The Kier molecular flexibility index (Phi) is 4.98. The Labute approximate surface area is 136 Å². The summed E-state index contributed by atoms with van der Waals surface area (Å²) in [5, 5.41) is 0.520. The molecule has 0 aliphatic carbocycles. The Morgan fingerprint density at radius 1 is 1.18 bits per heavy atom. The van der Waals surface area contributed by atoms with Crippen LogP contribution in [-0.4, -0.2) is 15.5 Å². The van der Waals surface area contributed by atoms with E-state index in [4.69, 9.17) is 16.3 Å². The van der Waals surface area contributed by atoms with E-state index in [1.807, 2.05) is 6.92 Å². The van der Waals surface area contributed by atoms with Crippen LogP contribution in [0.25, 0.3) is 0 Å². The minimum Gasteiger partial charge on any atom is -0.495 e. The van der Waals surface area contributed by atoms with E-state index in [2.05, 4.69) is 4.72 Å². The van der Waals surface area contributed by atoms with Gasteiger partial charge in [-0.1, -0.05) is 30.7 Å². The van der Waals surface area contributed by atoms with E-state index in [0.717, 1.165) is 17.5 Å². The van der Waals surface area contributed by atoms with E-state index >= 15 is 0 Å². The summed E-state index contributed by atoms with van der Waals surface area (Å²) in [4.78, 5) is 0.208. The molecule has 2 aromatic rings. The molecule has 22 heavy (non-hydrogen) atoms. The quantitative estimate of drug-likeness (QED) is 0.895. The zero-order valence-electron chi connectivity index (χ0n) is 12.7. The van der Waals surface area contributed by atoms with E-state index < -0.39 is 10.0 Å². The molecule has 0 bridgehead atoms. The van der Waals surface area contributed by atoms with Gasteiger partial charge in [0.2, 0.25) is 0 Å². The van der Waals surface area contributed by atoms with Gasteiger partial charge in [-0.2, -0.15) is 0 Å². The zero-order valence-corrected chi connectivity index (χ0v) is 14.3. The fourth-order valence-corrected chi connectivity index (χ4v) is 3.23. The first-order chi connectivity index (χ1) is 10.4. The molecule has 0 radical (unpaired) electrons. The highest BCUT2D eigenvalue weighted by atomic mass is 35.5. The molecule has 0 unspecified atom stereocenters. The van der Waals surface area contributed by atoms with E-state index in [0.29, 0.717) is 16.5 Å². The van der Waals surface area contributed by atoms with Gasteiger partial charge in [-0.3, -0.25) is 4.72 Å². The van der Waals surface area contributed by atoms with Crippen LogP contribution in [0.3, 0.4) is 0 Å². The molecule has 0 aliphatic rings. The molecule has 0 heterocycles. The number of aryl methyl sites for hydroxylation is 2. The van der Waals surface area contributed by atoms with Crippen molar-refractivity contribution in [2.75, 3.05) is 11.8 Å². The van der Waals surface area contributed by atoms with Crippen LogP contribution < -0.4 is 9.46 Å². The molecule has 0 amide bonds. The molecular formula is C16H18ClNO3S. The third-order valence-electron chi connectivity index (χ3n) is 3.37. The number of benzene rings is 2. The van der Waals surface area contributed by atoms with Gasteiger partial charge >= 0.3 is 0 Å². The Balaban J connectivity index is 2.37. The molecule has 0 saturated carbocycles. The van der Waals surface area contributed by atoms with Crippen LogP contribution in [-0.2, 0) is 16.4 Å². The lowest BCUT2D eigenvalue weighted by Crippen LogP contribution is -2.14. The summed E-state index contributed by atoms with van der Waals surface area (Å²) in [5.41, 5.74) is 2.21. The average Bonchev–Trinajstić information content (AvgIpc) is 2.50. The molecule has 1 N–H and O–H groups in total. The molecule has 2 aromatic carbocycles. The molecule has 0 spiro atoms. The molecule has 0 aliphatic heterocycles. The first kappa shape index (κ1) is 16.6. The predicted molar refractivity (Wildman–Crippen MR) is 89.4 cm³/mol. The van der Waals surface area contributed by atoms with E-state index in [9.17, 15) is 8.42 Å². The third kappa shape index (κ3) is 3.54. The van der Waals surface area contributed by atoms with Crippen LogP contribution in [0.2, 0.25) is 5.02 Å². The molecule has 2 rings (SSSR count). The predicted octanol–water partition coefficient (Wildman–Crippen LogP) is 4.02. The van der Waals surface area contributed by atoms with Crippen molar-refractivity contribution in [2.24, 2.45) is 0 Å². The monoisotopic (exact) mass is 339 g/mol. The number of methoxy groups -OCH3 is 1. The molecule has 0 fully saturated rings. The lowest BCUT2D eigenvalue weighted by atomic mass is 10.2. The maximum Gasteiger partial charge on any atom is 0.262 e. The Morgan fingerprint density at radius 3 is 2.36 bits per heavy atom. The minimum atomic E-state index is -3.67. The lowest BCUT2D eigenvalue weighted by Gasteiger charge is -2.13. The molecule has 4 nitrogen and oxygen atoms in total. The Morgan fingerprint density at radius 2 is 1.82 bits per heavy atom. The summed E-state index contributed by atoms with van der Waals surface area (Å²) in [5.74, 6) is 0.379. The zero-order chi connectivity index (χ0) is 16.3. The maximum atomic E-state index is 12.5. The number of hydrogen-bond acceptors (Lipinski definition) is 3. The van der Waals surface area contributed by atoms with Gasteiger partial charge in [0.05, 0.1) is 17.7 Å². The van der Waals surface area contributed by atoms with Gasteiger partial charge in [0.1, 0.15) is 5.75 Å². The lowest BCUT2D eigenvalue weighted by molar-refractivity contribution is 0.417. The van der Waals surface area contributed by atoms with Crippen molar-refractivity contribution < 1.29 is 13.2 Å². The average molecular weight is 340 g/mol. The SMILES string of the molecule is CCc1ccc(S(=O)(=O)Nc2cc(C)c(Cl)cc2OC)cc1. The fraction of sp³-hybridized carbons (Fsp3) is 0.250. The Bertz CT molecular complexity index is 771. The summed E-state index contributed by atoms with van der Waals surface area (Å²) >= 11 is 6.03. The number of nitrogens with one attached hydrogen (secondary N) is 1. The second-order valence-electron chi connectivity index (χ2n) is 4.90. The van der Waals surface area contributed by atoms with Crippen LogP contribution in [0, 0.1) is 6.92 Å². The topological polar surface area (TPSA) is 55.4 Å². The standard InChI is InChI=1S/C16H18ClNO3S/c1-4-12-5-7-13(8-6-12)22(19,20)18-15-9-11(2)14(17)10-16(15)21-3/h5-10,18H,4H2,1-3H3. The second kappa shape index (κ2) is 6.58. The Hall–Kier alpha value is -1.72. The molecular weight excluding hydrogens is 322 g/mol. The summed E-state index contributed by atoms with van der Waals surface area (Å²) in [6.07, 6.45) is 0.859. The third-order valence-corrected chi connectivity index (χ3v) is 5.16. The van der Waals surface area contributed by atoms with E-state index in [-0.39, 0.29) is 4.90 Å². The minimum absolute atomic E-state index is 0.208. The number of hydrogen-bond donors (Lipinski definition) is 1. The van der Waals surface area contributed by atoms with Gasteiger partial charge < -0.3 is 4.74 Å². The fourth-order valence-electron chi connectivity index (χ4n) is 2.02. The largest absolute Gasteiger partial charge is 0.495 e. The molecule has 0 atom stereocenters. The van der Waals surface area contributed by atoms with Crippen LogP contribution in [0.1, 0.15) is 18.1 Å². The maximum absolute atomic E-state index is 12.5. The highest BCUT2D eigenvalue weighted by Crippen LogP contribution is 2.32. The van der Waals surface area contributed by atoms with Crippen LogP contribution in [0.15, 0.2) is 41.3 Å². The molecule has 0 aromatic heterocycles. The van der Waals surface area contributed by atoms with Crippen molar-refractivity contribution in [1.29, 1.82) is 0 Å². The summed E-state index contributed by atoms with van der Waals surface area (Å²) in [6.45, 7) is 3.82. The smallest absolute Gasteiger partial charge is 0.262 e. The normalized spacial score (nSPS) is 11.3. The van der Waals surface area contributed by atoms with Crippen LogP contribution >= 0.6 is 11.6 Å². The van der Waals surface area contributed by atoms with Crippen LogP contribution in [0.4, 0.5) is 5.69 Å². The highest BCUT2D eigenvalue weighted by Gasteiger charge is 2.17. The van der Waals surface area contributed by atoms with Crippen molar-refractivity contribution in [3.63, 3.8) is 0 Å². The summed E-state index contributed by atoms with van der Waals surface area (Å²) in [7, 11) is -2.21. The second-order valence-corrected chi connectivity index (χ2v) is 6.99. The van der Waals surface area contributed by atoms with Gasteiger partial charge in [0, 0.05) is 11.1 Å². The first-order valence-corrected chi connectivity index (χ1v) is 8.69. The summed E-state index contributed by atoms with van der Waals surface area (Å²) in [6, 6.07) is 10.0. The van der Waals surface area contributed by atoms with Crippen molar-refractivity contribution in [3.8, 4) is 5.75 Å². The molecule has 0 saturated heterocycles. The van der Waals surface area contributed by atoms with Crippen molar-refractivity contribution >= 4 is 27.3 Å². The highest BCUT2D eigenvalue weighted by molar-refractivity contribution is 7.92.